The van der Waals surface area contributed by atoms with Gasteiger partial charge in [0.1, 0.15) is 22.8 Å². The molecular formula is C21H15F6N5. The van der Waals surface area contributed by atoms with E-state index in [4.69, 9.17) is 0 Å². The molecule has 2 N–H and O–H groups in total. The molecule has 3 heterocycles. The van der Waals surface area contributed by atoms with Crippen LogP contribution in [0.15, 0.2) is 42.5 Å². The second kappa shape index (κ2) is 7.50. The molecule has 4 rings (SSSR count). The van der Waals surface area contributed by atoms with Crippen molar-refractivity contribution in [2.75, 3.05) is 0 Å². The minimum absolute atomic E-state index is 0.0588. The lowest BCUT2D eigenvalue weighted by molar-refractivity contribution is -0.142. The number of hydrogen-bond donors (Lipinski definition) is 2. The van der Waals surface area contributed by atoms with Gasteiger partial charge in [-0.15, -0.1) is 0 Å². The van der Waals surface area contributed by atoms with Gasteiger partial charge >= 0.3 is 12.4 Å². The first-order valence-electron chi connectivity index (χ1n) is 9.28. The largest absolute Gasteiger partial charge is 0.432 e. The van der Waals surface area contributed by atoms with Crippen LogP contribution in [0.3, 0.4) is 0 Å². The molecule has 0 unspecified atom stereocenters. The van der Waals surface area contributed by atoms with E-state index >= 15 is 0 Å². The van der Waals surface area contributed by atoms with E-state index in [9.17, 15) is 26.3 Å². The van der Waals surface area contributed by atoms with Crippen LogP contribution in [0.2, 0.25) is 0 Å². The molecule has 1 aromatic carbocycles. The lowest BCUT2D eigenvalue weighted by Gasteiger charge is -2.12. The van der Waals surface area contributed by atoms with Crippen molar-refractivity contribution in [2.45, 2.75) is 26.2 Å². The van der Waals surface area contributed by atoms with E-state index < -0.39 is 23.7 Å². The molecule has 0 spiro atoms. The Kier molecular flexibility index (Phi) is 5.06. The average Bonchev–Trinajstić information content (AvgIpc) is 3.37. The van der Waals surface area contributed by atoms with E-state index in [2.05, 4.69) is 15.2 Å². The van der Waals surface area contributed by atoms with E-state index in [1.54, 1.807) is 12.1 Å². The SMILES string of the molecule is Cc1cccc(C)c1-c1cc(-c2cc(C(F)(F)F)[nH]n2)nc(-c2cc(C(F)(F)F)[nH]n2)c1. The predicted molar refractivity (Wildman–Crippen MR) is 104 cm³/mol. The third-order valence-corrected chi connectivity index (χ3v) is 4.89. The summed E-state index contributed by atoms with van der Waals surface area (Å²) in [5.74, 6) is 0. The maximum Gasteiger partial charge on any atom is 0.432 e. The molecule has 0 aliphatic rings. The van der Waals surface area contributed by atoms with Crippen LogP contribution in [0.1, 0.15) is 22.5 Å². The maximum absolute atomic E-state index is 13.0. The van der Waals surface area contributed by atoms with Crippen molar-refractivity contribution >= 4 is 0 Å². The zero-order chi connectivity index (χ0) is 23.3. The molecule has 0 aliphatic heterocycles. The molecule has 166 valence electrons. The third kappa shape index (κ3) is 4.10. The van der Waals surface area contributed by atoms with Crippen molar-refractivity contribution in [3.8, 4) is 33.9 Å². The van der Waals surface area contributed by atoms with Crippen LogP contribution in [0.25, 0.3) is 33.9 Å². The number of aromatic nitrogens is 5. The zero-order valence-corrected chi connectivity index (χ0v) is 16.7. The summed E-state index contributed by atoms with van der Waals surface area (Å²) in [6, 6.07) is 10.3. The Labute approximate surface area is 177 Å². The summed E-state index contributed by atoms with van der Waals surface area (Å²) in [6.07, 6.45) is -9.27. The fourth-order valence-electron chi connectivity index (χ4n) is 3.40. The van der Waals surface area contributed by atoms with Gasteiger partial charge in [0.2, 0.25) is 0 Å². The number of nitrogens with one attached hydrogen (secondary N) is 2. The Morgan fingerprint density at radius 1 is 0.656 bits per heavy atom. The van der Waals surface area contributed by atoms with Gasteiger partial charge in [0, 0.05) is 0 Å². The van der Waals surface area contributed by atoms with E-state index in [-0.39, 0.29) is 22.8 Å². The topological polar surface area (TPSA) is 70.2 Å². The van der Waals surface area contributed by atoms with Crippen molar-refractivity contribution in [1.29, 1.82) is 0 Å². The standard InChI is InChI=1S/C21H15F6N5/c1-10-4-3-5-11(2)19(10)12-6-13(15-8-17(31-29-15)20(22,23)24)28-14(7-12)16-9-18(32-30-16)21(25,26)27/h3-9H,1-2H3,(H,29,31)(H,30,32). The van der Waals surface area contributed by atoms with Gasteiger partial charge in [-0.2, -0.15) is 36.5 Å². The van der Waals surface area contributed by atoms with Gasteiger partial charge < -0.3 is 0 Å². The average molecular weight is 451 g/mol. The van der Waals surface area contributed by atoms with Crippen LogP contribution >= 0.6 is 0 Å². The minimum atomic E-state index is -4.64. The Balaban J connectivity index is 1.92. The predicted octanol–water partition coefficient (Wildman–Crippen LogP) is 6.18. The molecule has 32 heavy (non-hydrogen) atoms. The lowest BCUT2D eigenvalue weighted by Crippen LogP contribution is -2.04. The van der Waals surface area contributed by atoms with Crippen LogP contribution in [0.5, 0.6) is 0 Å². The molecule has 3 aromatic heterocycles. The molecule has 5 nitrogen and oxygen atoms in total. The van der Waals surface area contributed by atoms with Gasteiger partial charge in [0.15, 0.2) is 0 Å². The molecule has 0 fully saturated rings. The monoisotopic (exact) mass is 451 g/mol. The van der Waals surface area contributed by atoms with Gasteiger partial charge in [-0.05, 0) is 60.4 Å². The van der Waals surface area contributed by atoms with Crippen molar-refractivity contribution in [1.82, 2.24) is 25.4 Å². The lowest BCUT2D eigenvalue weighted by atomic mass is 9.94. The number of benzene rings is 1. The summed E-state index contributed by atoms with van der Waals surface area (Å²) in [5, 5.41) is 11.2. The fraction of sp³-hybridized carbons (Fsp3) is 0.190. The highest BCUT2D eigenvalue weighted by molar-refractivity contribution is 5.78. The molecule has 0 saturated heterocycles. The van der Waals surface area contributed by atoms with E-state index in [1.807, 2.05) is 42.2 Å². The highest BCUT2D eigenvalue weighted by Gasteiger charge is 2.34. The highest BCUT2D eigenvalue weighted by atomic mass is 19.4. The number of pyridine rings is 1. The van der Waals surface area contributed by atoms with Gasteiger partial charge in [-0.3, -0.25) is 10.2 Å². The molecule has 0 aliphatic carbocycles. The Bertz CT molecular complexity index is 1190. The van der Waals surface area contributed by atoms with Crippen molar-refractivity contribution in [2.24, 2.45) is 0 Å². The normalized spacial score (nSPS) is 12.4. The van der Waals surface area contributed by atoms with Gasteiger partial charge in [-0.1, -0.05) is 18.2 Å². The fourth-order valence-corrected chi connectivity index (χ4v) is 3.40. The van der Waals surface area contributed by atoms with E-state index in [0.29, 0.717) is 5.56 Å². The van der Waals surface area contributed by atoms with Crippen LogP contribution < -0.4 is 0 Å². The van der Waals surface area contributed by atoms with Crippen LogP contribution in [-0.4, -0.2) is 25.4 Å². The Hall–Kier alpha value is -3.63. The molecule has 0 atom stereocenters. The summed E-state index contributed by atoms with van der Waals surface area (Å²) in [6.45, 7) is 3.71. The molecule has 0 amide bonds. The van der Waals surface area contributed by atoms with Crippen LogP contribution in [0.4, 0.5) is 26.3 Å². The summed E-state index contributed by atoms with van der Waals surface area (Å²) < 4.78 is 78.1. The summed E-state index contributed by atoms with van der Waals surface area (Å²) >= 11 is 0. The number of halogens is 6. The third-order valence-electron chi connectivity index (χ3n) is 4.89. The molecular weight excluding hydrogens is 436 g/mol. The molecule has 0 bridgehead atoms. The molecule has 0 saturated carbocycles. The minimum Gasteiger partial charge on any atom is -0.273 e. The number of hydrogen-bond acceptors (Lipinski definition) is 3. The highest BCUT2D eigenvalue weighted by Crippen LogP contribution is 2.36. The smallest absolute Gasteiger partial charge is 0.273 e. The Morgan fingerprint density at radius 2 is 1.09 bits per heavy atom. The Morgan fingerprint density at radius 3 is 1.47 bits per heavy atom. The molecule has 4 aromatic rings. The van der Waals surface area contributed by atoms with Crippen molar-refractivity contribution in [3.63, 3.8) is 0 Å². The number of rotatable bonds is 3. The first-order valence-corrected chi connectivity index (χ1v) is 9.28. The summed E-state index contributed by atoms with van der Waals surface area (Å²) in [7, 11) is 0. The number of alkyl halides is 6. The number of nitrogens with zero attached hydrogens (tertiary/aromatic N) is 3. The number of aromatic amines is 2. The second-order valence-electron chi connectivity index (χ2n) is 7.22. The van der Waals surface area contributed by atoms with Crippen molar-refractivity contribution < 1.29 is 26.3 Å². The van der Waals surface area contributed by atoms with E-state index in [1.165, 1.54) is 0 Å². The zero-order valence-electron chi connectivity index (χ0n) is 16.7. The summed E-state index contributed by atoms with van der Waals surface area (Å²) in [4.78, 5) is 4.25. The van der Waals surface area contributed by atoms with Gasteiger partial charge in [0.25, 0.3) is 0 Å². The number of aryl methyl sites for hydroxylation is 2. The quantitative estimate of drug-likeness (QED) is 0.365. The van der Waals surface area contributed by atoms with Crippen LogP contribution in [-0.2, 0) is 12.4 Å². The first kappa shape index (κ1) is 21.6. The van der Waals surface area contributed by atoms with Gasteiger partial charge in [-0.25, -0.2) is 4.98 Å². The first-order chi connectivity index (χ1) is 14.9. The number of H-pyrrole nitrogens is 2. The van der Waals surface area contributed by atoms with Crippen LogP contribution in [0, 0.1) is 13.8 Å². The molecule has 0 radical (unpaired) electrons. The van der Waals surface area contributed by atoms with Crippen molar-refractivity contribution in [3.05, 3.63) is 65.0 Å². The molecule has 11 heteroatoms. The van der Waals surface area contributed by atoms with Gasteiger partial charge in [0.05, 0.1) is 11.4 Å². The second-order valence-corrected chi connectivity index (χ2v) is 7.22. The summed E-state index contributed by atoms with van der Waals surface area (Å²) in [5.41, 5.74) is 0.904. The van der Waals surface area contributed by atoms with E-state index in [0.717, 1.165) is 28.8 Å². The maximum atomic E-state index is 13.0.